The standard InChI is InChI=1S/C13H17N5O2/c1-8-4-9(2)12(10(3)5-8)11(20-13(14)19)6-18-16-7-15-17-18/h4-5,7,11H,6H2,1-3H3,(H2,14,19). The number of hydrogen-bond donors (Lipinski definition) is 1. The third kappa shape index (κ3) is 3.11. The molecule has 20 heavy (non-hydrogen) atoms. The van der Waals surface area contributed by atoms with Crippen LogP contribution in [0.3, 0.4) is 0 Å². The van der Waals surface area contributed by atoms with E-state index in [0.29, 0.717) is 0 Å². The number of carbonyl (C=O) groups is 1. The van der Waals surface area contributed by atoms with Gasteiger partial charge in [0, 0.05) is 5.56 Å². The number of nitrogens with two attached hydrogens (primary N) is 1. The van der Waals surface area contributed by atoms with Gasteiger partial charge in [-0.1, -0.05) is 17.7 Å². The smallest absolute Gasteiger partial charge is 0.405 e. The fraction of sp³-hybridized carbons (Fsp3) is 0.385. The van der Waals surface area contributed by atoms with E-state index in [9.17, 15) is 4.79 Å². The van der Waals surface area contributed by atoms with Gasteiger partial charge in [-0.2, -0.15) is 4.80 Å². The fourth-order valence-corrected chi connectivity index (χ4v) is 2.45. The molecule has 7 heteroatoms. The first kappa shape index (κ1) is 14.0. The third-order valence-electron chi connectivity index (χ3n) is 3.04. The van der Waals surface area contributed by atoms with Gasteiger partial charge in [0.1, 0.15) is 6.54 Å². The summed E-state index contributed by atoms with van der Waals surface area (Å²) >= 11 is 0. The van der Waals surface area contributed by atoms with Gasteiger partial charge in [0.05, 0.1) is 0 Å². The molecule has 1 unspecified atom stereocenters. The zero-order chi connectivity index (χ0) is 14.7. The number of amides is 1. The van der Waals surface area contributed by atoms with Crippen LogP contribution in [0.25, 0.3) is 0 Å². The average Bonchev–Trinajstić information content (AvgIpc) is 2.79. The van der Waals surface area contributed by atoms with Crippen molar-refractivity contribution in [2.24, 2.45) is 5.73 Å². The molecule has 2 aromatic rings. The van der Waals surface area contributed by atoms with Gasteiger partial charge in [-0.25, -0.2) is 4.79 Å². The second kappa shape index (κ2) is 5.68. The molecule has 0 spiro atoms. The van der Waals surface area contributed by atoms with Crippen LogP contribution in [0, 0.1) is 20.8 Å². The van der Waals surface area contributed by atoms with E-state index < -0.39 is 12.2 Å². The molecule has 1 amide bonds. The summed E-state index contributed by atoms with van der Waals surface area (Å²) in [5.74, 6) is 0. The summed E-state index contributed by atoms with van der Waals surface area (Å²) < 4.78 is 5.22. The van der Waals surface area contributed by atoms with Crippen LogP contribution in [0.5, 0.6) is 0 Å². The van der Waals surface area contributed by atoms with E-state index in [1.165, 1.54) is 11.1 Å². The Labute approximate surface area is 116 Å². The Kier molecular flexibility index (Phi) is 3.97. The predicted molar refractivity (Wildman–Crippen MR) is 71.9 cm³/mol. The highest BCUT2D eigenvalue weighted by Crippen LogP contribution is 2.27. The van der Waals surface area contributed by atoms with Gasteiger partial charge in [0.2, 0.25) is 0 Å². The predicted octanol–water partition coefficient (Wildman–Crippen LogP) is 1.43. The van der Waals surface area contributed by atoms with Crippen LogP contribution in [0.2, 0.25) is 0 Å². The van der Waals surface area contributed by atoms with Crippen LogP contribution in [-0.4, -0.2) is 26.3 Å². The number of benzene rings is 1. The van der Waals surface area contributed by atoms with Crippen molar-refractivity contribution >= 4 is 6.09 Å². The second-order valence-corrected chi connectivity index (χ2v) is 4.73. The van der Waals surface area contributed by atoms with Crippen molar-refractivity contribution in [2.75, 3.05) is 0 Å². The lowest BCUT2D eigenvalue weighted by atomic mass is 9.95. The number of aryl methyl sites for hydroxylation is 3. The zero-order valence-corrected chi connectivity index (χ0v) is 11.7. The summed E-state index contributed by atoms with van der Waals surface area (Å²) in [7, 11) is 0. The summed E-state index contributed by atoms with van der Waals surface area (Å²) in [6.07, 6.45) is -0.0345. The van der Waals surface area contributed by atoms with Crippen molar-refractivity contribution in [1.29, 1.82) is 0 Å². The molecule has 0 aliphatic rings. The molecule has 0 saturated carbocycles. The number of aromatic nitrogens is 4. The minimum atomic E-state index is -0.825. The number of hydrogen-bond acceptors (Lipinski definition) is 5. The molecule has 1 aromatic heterocycles. The summed E-state index contributed by atoms with van der Waals surface area (Å²) in [5.41, 5.74) is 9.31. The SMILES string of the molecule is Cc1cc(C)c(C(Cn2ncnn2)OC(N)=O)c(C)c1. The Bertz CT molecular complexity index is 586. The summed E-state index contributed by atoms with van der Waals surface area (Å²) in [5, 5.41) is 11.4. The highest BCUT2D eigenvalue weighted by molar-refractivity contribution is 5.65. The van der Waals surface area contributed by atoms with Crippen molar-refractivity contribution in [3.63, 3.8) is 0 Å². The fourth-order valence-electron chi connectivity index (χ4n) is 2.45. The molecule has 7 nitrogen and oxygen atoms in total. The summed E-state index contributed by atoms with van der Waals surface area (Å²) in [6.45, 7) is 6.24. The van der Waals surface area contributed by atoms with E-state index in [1.807, 2.05) is 32.9 Å². The lowest BCUT2D eigenvalue weighted by Crippen LogP contribution is -2.23. The van der Waals surface area contributed by atoms with Gasteiger partial charge < -0.3 is 10.5 Å². The van der Waals surface area contributed by atoms with E-state index in [-0.39, 0.29) is 6.54 Å². The Morgan fingerprint density at radius 2 is 2.00 bits per heavy atom. The first-order valence-electron chi connectivity index (χ1n) is 6.22. The lowest BCUT2D eigenvalue weighted by molar-refractivity contribution is 0.0893. The monoisotopic (exact) mass is 275 g/mol. The lowest BCUT2D eigenvalue weighted by Gasteiger charge is -2.21. The molecule has 1 aromatic carbocycles. The molecule has 0 bridgehead atoms. The Hall–Kier alpha value is -2.44. The Morgan fingerprint density at radius 1 is 1.35 bits per heavy atom. The maximum absolute atomic E-state index is 11.1. The topological polar surface area (TPSA) is 95.9 Å². The first-order chi connectivity index (χ1) is 9.47. The molecule has 106 valence electrons. The molecule has 0 fully saturated rings. The number of rotatable bonds is 4. The van der Waals surface area contributed by atoms with Crippen molar-refractivity contribution in [1.82, 2.24) is 20.2 Å². The molecule has 1 heterocycles. The van der Waals surface area contributed by atoms with Gasteiger partial charge in [-0.3, -0.25) is 0 Å². The maximum Gasteiger partial charge on any atom is 0.405 e. The van der Waals surface area contributed by atoms with Gasteiger partial charge in [-0.15, -0.1) is 10.2 Å². The highest BCUT2D eigenvalue weighted by Gasteiger charge is 2.21. The normalized spacial score (nSPS) is 12.2. The Balaban J connectivity index is 2.38. The van der Waals surface area contributed by atoms with E-state index in [1.54, 1.807) is 0 Å². The quantitative estimate of drug-likeness (QED) is 0.910. The highest BCUT2D eigenvalue weighted by atomic mass is 16.6. The van der Waals surface area contributed by atoms with Crippen molar-refractivity contribution in [2.45, 2.75) is 33.4 Å². The first-order valence-corrected chi connectivity index (χ1v) is 6.22. The molecule has 1 atom stereocenters. The van der Waals surface area contributed by atoms with E-state index in [4.69, 9.17) is 10.5 Å². The zero-order valence-electron chi connectivity index (χ0n) is 11.7. The second-order valence-electron chi connectivity index (χ2n) is 4.73. The van der Waals surface area contributed by atoms with E-state index in [0.717, 1.165) is 22.3 Å². The Morgan fingerprint density at radius 3 is 2.50 bits per heavy atom. The van der Waals surface area contributed by atoms with Crippen molar-refractivity contribution in [3.8, 4) is 0 Å². The van der Waals surface area contributed by atoms with Crippen LogP contribution >= 0.6 is 0 Å². The van der Waals surface area contributed by atoms with Crippen LogP contribution in [0.4, 0.5) is 4.79 Å². The maximum atomic E-state index is 11.1. The third-order valence-corrected chi connectivity index (χ3v) is 3.04. The van der Waals surface area contributed by atoms with Crippen LogP contribution in [0.1, 0.15) is 28.4 Å². The summed E-state index contributed by atoms with van der Waals surface area (Å²) in [6, 6.07) is 4.07. The molecule has 0 aliphatic carbocycles. The number of ether oxygens (including phenoxy) is 1. The molecular formula is C13H17N5O2. The average molecular weight is 275 g/mol. The van der Waals surface area contributed by atoms with Gasteiger partial charge >= 0.3 is 6.09 Å². The van der Waals surface area contributed by atoms with E-state index in [2.05, 4.69) is 15.4 Å². The molecule has 2 N–H and O–H groups in total. The molecule has 0 radical (unpaired) electrons. The van der Waals surface area contributed by atoms with Crippen LogP contribution in [-0.2, 0) is 11.3 Å². The number of carbonyl (C=O) groups excluding carboxylic acids is 1. The molecule has 0 aliphatic heterocycles. The number of primary amides is 1. The molecule has 2 rings (SSSR count). The largest absolute Gasteiger partial charge is 0.439 e. The molecule has 0 saturated heterocycles. The summed E-state index contributed by atoms with van der Waals surface area (Å²) in [4.78, 5) is 12.5. The van der Waals surface area contributed by atoms with Gasteiger partial charge in [0.15, 0.2) is 12.4 Å². The van der Waals surface area contributed by atoms with Crippen LogP contribution in [0.15, 0.2) is 18.5 Å². The number of nitrogens with zero attached hydrogens (tertiary/aromatic N) is 4. The minimum absolute atomic E-state index is 0.272. The van der Waals surface area contributed by atoms with Crippen LogP contribution < -0.4 is 5.73 Å². The van der Waals surface area contributed by atoms with Gasteiger partial charge in [0.25, 0.3) is 0 Å². The van der Waals surface area contributed by atoms with Crippen molar-refractivity contribution < 1.29 is 9.53 Å². The number of tetrazole rings is 1. The molecular weight excluding hydrogens is 258 g/mol. The van der Waals surface area contributed by atoms with Gasteiger partial charge in [-0.05, 0) is 37.1 Å². The van der Waals surface area contributed by atoms with E-state index >= 15 is 0 Å². The minimum Gasteiger partial charge on any atom is -0.439 e. The van der Waals surface area contributed by atoms with Crippen molar-refractivity contribution in [3.05, 3.63) is 40.7 Å².